The van der Waals surface area contributed by atoms with E-state index >= 15 is 0 Å². The molecule has 0 bridgehead atoms. The van der Waals surface area contributed by atoms with E-state index in [4.69, 9.17) is 14.9 Å². The van der Waals surface area contributed by atoms with Crippen LogP contribution in [0, 0.1) is 0 Å². The van der Waals surface area contributed by atoms with Crippen molar-refractivity contribution in [3.8, 4) is 0 Å². The molecule has 21 heavy (non-hydrogen) atoms. The summed E-state index contributed by atoms with van der Waals surface area (Å²) in [4.78, 5) is 33.1. The van der Waals surface area contributed by atoms with Gasteiger partial charge in [0.25, 0.3) is 0 Å². The number of carbonyl (C=O) groups excluding carboxylic acids is 1. The first-order chi connectivity index (χ1) is 9.88. The molecule has 1 rings (SSSR count). The van der Waals surface area contributed by atoms with Crippen LogP contribution in [-0.2, 0) is 14.3 Å². The number of ether oxygens (including phenoxy) is 1. The average Bonchev–Trinajstić information content (AvgIpc) is 2.36. The van der Waals surface area contributed by atoms with Gasteiger partial charge in [0, 0.05) is 20.1 Å². The molecule has 0 saturated heterocycles. The minimum absolute atomic E-state index is 0.0739. The first-order valence-electron chi connectivity index (χ1n) is 6.93. The van der Waals surface area contributed by atoms with Gasteiger partial charge in [0.15, 0.2) is 0 Å². The van der Waals surface area contributed by atoms with Crippen molar-refractivity contribution in [2.24, 2.45) is 0 Å². The van der Waals surface area contributed by atoms with Gasteiger partial charge in [0.05, 0.1) is 5.60 Å². The van der Waals surface area contributed by atoms with Crippen molar-refractivity contribution in [2.45, 2.75) is 50.2 Å². The molecule has 0 unspecified atom stereocenters. The summed E-state index contributed by atoms with van der Waals surface area (Å²) in [6.07, 6.45) is 2.92. The molecule has 0 aromatic heterocycles. The minimum Gasteiger partial charge on any atom is -0.481 e. The number of aliphatic carboxylic acids is 2. The lowest BCUT2D eigenvalue weighted by molar-refractivity contribution is -0.140. The summed E-state index contributed by atoms with van der Waals surface area (Å²) in [5, 5.41) is 22.5. The van der Waals surface area contributed by atoms with E-state index < -0.39 is 24.0 Å². The number of hydrogen-bond acceptors (Lipinski definition) is 4. The van der Waals surface area contributed by atoms with Crippen molar-refractivity contribution in [1.82, 2.24) is 10.6 Å². The third-order valence-corrected chi connectivity index (χ3v) is 3.76. The minimum atomic E-state index is -1.18. The Morgan fingerprint density at radius 3 is 2.38 bits per heavy atom. The van der Waals surface area contributed by atoms with Gasteiger partial charge in [0.2, 0.25) is 0 Å². The standard InChI is InChI=1S/C13H22N2O6/c1-21-13(6-3-7-13)8-14-12(20)15-9(11(18)19)4-2-5-10(16)17/h9H,2-8H2,1H3,(H,16,17)(H,18,19)(H2,14,15,20)/t9-/m1/s1. The van der Waals surface area contributed by atoms with Crippen molar-refractivity contribution < 1.29 is 29.3 Å². The van der Waals surface area contributed by atoms with E-state index in [1.165, 1.54) is 0 Å². The highest BCUT2D eigenvalue weighted by molar-refractivity contribution is 5.82. The molecule has 1 atom stereocenters. The normalized spacial score (nSPS) is 17.4. The second-order valence-corrected chi connectivity index (χ2v) is 5.24. The lowest BCUT2D eigenvalue weighted by Gasteiger charge is -2.40. The summed E-state index contributed by atoms with van der Waals surface area (Å²) in [5.74, 6) is -2.17. The van der Waals surface area contributed by atoms with Crippen LogP contribution in [0.25, 0.3) is 0 Å². The van der Waals surface area contributed by atoms with Crippen LogP contribution in [0.1, 0.15) is 38.5 Å². The van der Waals surface area contributed by atoms with Gasteiger partial charge >= 0.3 is 18.0 Å². The topological polar surface area (TPSA) is 125 Å². The first-order valence-corrected chi connectivity index (χ1v) is 6.93. The van der Waals surface area contributed by atoms with E-state index in [2.05, 4.69) is 10.6 Å². The SMILES string of the molecule is COC1(CNC(=O)N[C@H](CCCC(=O)O)C(=O)O)CCC1. The highest BCUT2D eigenvalue weighted by Crippen LogP contribution is 2.34. The van der Waals surface area contributed by atoms with Crippen LogP contribution in [0.4, 0.5) is 4.79 Å². The van der Waals surface area contributed by atoms with Crippen molar-refractivity contribution in [2.75, 3.05) is 13.7 Å². The Hall–Kier alpha value is -1.83. The maximum absolute atomic E-state index is 11.7. The fourth-order valence-corrected chi connectivity index (χ4v) is 2.19. The van der Waals surface area contributed by atoms with Gasteiger partial charge < -0.3 is 25.6 Å². The Kier molecular flexibility index (Phi) is 6.41. The number of rotatable bonds is 9. The Labute approximate surface area is 122 Å². The van der Waals surface area contributed by atoms with Gasteiger partial charge in [-0.3, -0.25) is 4.79 Å². The number of nitrogens with one attached hydrogen (secondary N) is 2. The molecule has 8 heteroatoms. The van der Waals surface area contributed by atoms with Gasteiger partial charge in [-0.25, -0.2) is 9.59 Å². The van der Waals surface area contributed by atoms with Crippen molar-refractivity contribution >= 4 is 18.0 Å². The molecule has 0 aliphatic heterocycles. The maximum atomic E-state index is 11.7. The molecular weight excluding hydrogens is 280 g/mol. The van der Waals surface area contributed by atoms with Crippen LogP contribution in [0.5, 0.6) is 0 Å². The zero-order chi connectivity index (χ0) is 15.9. The van der Waals surface area contributed by atoms with Crippen LogP contribution in [0.2, 0.25) is 0 Å². The fourth-order valence-electron chi connectivity index (χ4n) is 2.19. The average molecular weight is 302 g/mol. The molecular formula is C13H22N2O6. The number of urea groups is 1. The summed E-state index contributed by atoms with van der Waals surface area (Å²) in [5.41, 5.74) is -0.334. The second kappa shape index (κ2) is 7.82. The van der Waals surface area contributed by atoms with Gasteiger partial charge in [-0.15, -0.1) is 0 Å². The van der Waals surface area contributed by atoms with Crippen LogP contribution < -0.4 is 10.6 Å². The molecule has 1 aliphatic rings. The highest BCUT2D eigenvalue weighted by Gasteiger charge is 2.37. The smallest absolute Gasteiger partial charge is 0.326 e. The monoisotopic (exact) mass is 302 g/mol. The molecule has 4 N–H and O–H groups in total. The third-order valence-electron chi connectivity index (χ3n) is 3.76. The molecule has 1 aliphatic carbocycles. The quantitative estimate of drug-likeness (QED) is 0.493. The molecule has 0 spiro atoms. The molecule has 8 nitrogen and oxygen atoms in total. The lowest BCUT2D eigenvalue weighted by Crippen LogP contribution is -2.53. The molecule has 0 aromatic carbocycles. The van der Waals surface area contributed by atoms with Crippen molar-refractivity contribution in [1.29, 1.82) is 0 Å². The zero-order valence-corrected chi connectivity index (χ0v) is 12.1. The summed E-state index contributed by atoms with van der Waals surface area (Å²) >= 11 is 0. The molecule has 0 aromatic rings. The summed E-state index contributed by atoms with van der Waals surface area (Å²) in [6.45, 7) is 0.330. The predicted molar refractivity (Wildman–Crippen MR) is 73.0 cm³/mol. The number of amides is 2. The lowest BCUT2D eigenvalue weighted by atomic mass is 9.80. The fraction of sp³-hybridized carbons (Fsp3) is 0.769. The first kappa shape index (κ1) is 17.2. The summed E-state index contributed by atoms with van der Waals surface area (Å²) in [6, 6.07) is -1.68. The van der Waals surface area contributed by atoms with Crippen molar-refractivity contribution in [3.63, 3.8) is 0 Å². The third kappa shape index (κ3) is 5.58. The summed E-state index contributed by atoms with van der Waals surface area (Å²) in [7, 11) is 1.59. The molecule has 1 fully saturated rings. The van der Waals surface area contributed by atoms with E-state index in [-0.39, 0.29) is 24.9 Å². The number of methoxy groups -OCH3 is 1. The van der Waals surface area contributed by atoms with Gasteiger partial charge in [-0.1, -0.05) is 0 Å². The Morgan fingerprint density at radius 2 is 1.95 bits per heavy atom. The zero-order valence-electron chi connectivity index (χ0n) is 12.1. The Morgan fingerprint density at radius 1 is 1.29 bits per heavy atom. The van der Waals surface area contributed by atoms with E-state index in [1.54, 1.807) is 7.11 Å². The Balaban J connectivity index is 2.34. The summed E-state index contributed by atoms with van der Waals surface area (Å²) < 4.78 is 5.34. The van der Waals surface area contributed by atoms with Crippen LogP contribution >= 0.6 is 0 Å². The molecule has 0 radical (unpaired) electrons. The Bertz CT molecular complexity index is 389. The van der Waals surface area contributed by atoms with E-state index in [0.717, 1.165) is 19.3 Å². The van der Waals surface area contributed by atoms with Gasteiger partial charge in [-0.2, -0.15) is 0 Å². The largest absolute Gasteiger partial charge is 0.481 e. The van der Waals surface area contributed by atoms with Gasteiger partial charge in [-0.05, 0) is 32.1 Å². The highest BCUT2D eigenvalue weighted by atomic mass is 16.5. The van der Waals surface area contributed by atoms with Crippen molar-refractivity contribution in [3.05, 3.63) is 0 Å². The maximum Gasteiger partial charge on any atom is 0.326 e. The van der Waals surface area contributed by atoms with Crippen LogP contribution in [-0.4, -0.2) is 53.5 Å². The van der Waals surface area contributed by atoms with E-state index in [1.807, 2.05) is 0 Å². The second-order valence-electron chi connectivity index (χ2n) is 5.24. The predicted octanol–water partition coefficient (Wildman–Crippen LogP) is 0.563. The molecule has 120 valence electrons. The molecule has 2 amide bonds. The van der Waals surface area contributed by atoms with Crippen LogP contribution in [0.3, 0.4) is 0 Å². The number of hydrogen-bond donors (Lipinski definition) is 4. The molecule has 1 saturated carbocycles. The molecule has 0 heterocycles. The van der Waals surface area contributed by atoms with E-state index in [9.17, 15) is 14.4 Å². The number of carbonyl (C=O) groups is 3. The van der Waals surface area contributed by atoms with Gasteiger partial charge in [0.1, 0.15) is 6.04 Å². The van der Waals surface area contributed by atoms with E-state index in [0.29, 0.717) is 6.54 Å². The number of carboxylic acids is 2. The number of carboxylic acid groups (broad SMARTS) is 2. The van der Waals surface area contributed by atoms with Crippen LogP contribution in [0.15, 0.2) is 0 Å².